The Balaban J connectivity index is 2.50. The normalized spacial score (nSPS) is 16.6. The molecule has 1 amide bonds. The lowest BCUT2D eigenvalue weighted by Crippen LogP contribution is -2.50. The average Bonchev–Trinajstić information content (AvgIpc) is 2.37. The molecule has 0 bridgehead atoms. The number of hydrogen-bond acceptors (Lipinski definition) is 5. The minimum absolute atomic E-state index is 0.248. The van der Waals surface area contributed by atoms with Crippen LogP contribution in [0.1, 0.15) is 6.42 Å². The summed E-state index contributed by atoms with van der Waals surface area (Å²) in [6.07, 6.45) is -0.464. The second-order valence-electron chi connectivity index (χ2n) is 4.35. The van der Waals surface area contributed by atoms with E-state index in [2.05, 4.69) is 5.32 Å². The van der Waals surface area contributed by atoms with E-state index in [4.69, 9.17) is 5.11 Å². The highest BCUT2D eigenvalue weighted by Crippen LogP contribution is 2.03. The monoisotopic (exact) mass is 293 g/mol. The summed E-state index contributed by atoms with van der Waals surface area (Å²) in [5, 5.41) is 11.6. The molecule has 1 rings (SSSR count). The third-order valence-corrected chi connectivity index (χ3v) is 4.68. The molecule has 0 aromatic rings. The molecule has 9 heteroatoms. The zero-order chi connectivity index (χ0) is 14.5. The number of amides is 1. The van der Waals surface area contributed by atoms with Crippen LogP contribution in [-0.2, 0) is 19.6 Å². The number of sulfonamides is 1. The maximum atomic E-state index is 11.9. The maximum absolute atomic E-state index is 11.9. The van der Waals surface area contributed by atoms with Gasteiger partial charge in [0.25, 0.3) is 0 Å². The van der Waals surface area contributed by atoms with E-state index in [1.165, 1.54) is 7.05 Å². The summed E-state index contributed by atoms with van der Waals surface area (Å²) in [4.78, 5) is 23.8. The molecule has 8 nitrogen and oxygen atoms in total. The molecule has 1 aliphatic rings. The van der Waals surface area contributed by atoms with E-state index in [1.807, 2.05) is 0 Å². The van der Waals surface area contributed by atoms with Crippen LogP contribution in [0, 0.1) is 0 Å². The molecule has 0 radical (unpaired) electrons. The Bertz CT molecular complexity index is 430. The van der Waals surface area contributed by atoms with Crippen molar-refractivity contribution in [2.24, 2.45) is 0 Å². The minimum Gasteiger partial charge on any atom is -0.481 e. The number of rotatable bonds is 6. The largest absolute Gasteiger partial charge is 0.481 e. The molecule has 0 unspecified atom stereocenters. The van der Waals surface area contributed by atoms with Crippen molar-refractivity contribution < 1.29 is 23.1 Å². The van der Waals surface area contributed by atoms with Crippen molar-refractivity contribution in [3.05, 3.63) is 0 Å². The second-order valence-corrected chi connectivity index (χ2v) is 6.54. The summed E-state index contributed by atoms with van der Waals surface area (Å²) in [6, 6.07) is 0. The number of nitrogens with one attached hydrogen (secondary N) is 1. The molecule has 0 aromatic heterocycles. The van der Waals surface area contributed by atoms with Crippen LogP contribution in [0.4, 0.5) is 0 Å². The summed E-state index contributed by atoms with van der Waals surface area (Å²) < 4.78 is 24.4. The van der Waals surface area contributed by atoms with Crippen LogP contribution in [0.2, 0.25) is 0 Å². The fourth-order valence-electron chi connectivity index (χ4n) is 1.68. The summed E-state index contributed by atoms with van der Waals surface area (Å²) >= 11 is 0. The van der Waals surface area contributed by atoms with Crippen LogP contribution in [0.5, 0.6) is 0 Å². The molecule has 2 N–H and O–H groups in total. The van der Waals surface area contributed by atoms with Gasteiger partial charge in [-0.3, -0.25) is 9.59 Å². The zero-order valence-corrected chi connectivity index (χ0v) is 11.6. The first kappa shape index (κ1) is 15.9. The fourth-order valence-corrected chi connectivity index (χ4v) is 2.73. The Morgan fingerprint density at radius 2 is 1.89 bits per heavy atom. The number of carbonyl (C=O) groups is 2. The van der Waals surface area contributed by atoms with Gasteiger partial charge < -0.3 is 15.3 Å². The Kier molecular flexibility index (Phi) is 5.70. The minimum atomic E-state index is -3.70. The van der Waals surface area contributed by atoms with Crippen molar-refractivity contribution >= 4 is 21.9 Å². The molecule has 0 atom stereocenters. The lowest BCUT2D eigenvalue weighted by Gasteiger charge is -2.29. The number of carbonyl (C=O) groups excluding carboxylic acids is 1. The number of carboxylic acids is 1. The topological polar surface area (TPSA) is 107 Å². The molecular weight excluding hydrogens is 274 g/mol. The van der Waals surface area contributed by atoms with Gasteiger partial charge in [-0.1, -0.05) is 0 Å². The van der Waals surface area contributed by atoms with Gasteiger partial charge in [0.1, 0.15) is 0 Å². The standard InChI is InChI=1S/C10H19N3O5S/c1-12(19(17,18)7-2-10(15)16)8-9(14)13-5-3-11-4-6-13/h11H,2-8H2,1H3,(H,15,16). The quantitative estimate of drug-likeness (QED) is 0.595. The lowest BCUT2D eigenvalue weighted by atomic mass is 10.3. The Morgan fingerprint density at radius 1 is 1.32 bits per heavy atom. The van der Waals surface area contributed by atoms with Gasteiger partial charge in [-0.15, -0.1) is 0 Å². The lowest BCUT2D eigenvalue weighted by molar-refractivity contribution is -0.136. The average molecular weight is 293 g/mol. The number of nitrogens with zero attached hydrogens (tertiary/aromatic N) is 2. The number of likely N-dealkylation sites (N-methyl/N-ethyl adjacent to an activating group) is 1. The summed E-state index contributed by atoms with van der Waals surface area (Å²) in [5.41, 5.74) is 0. The summed E-state index contributed by atoms with van der Waals surface area (Å²) in [6.45, 7) is 2.26. The van der Waals surface area contributed by atoms with E-state index in [-0.39, 0.29) is 12.5 Å². The molecule has 1 aliphatic heterocycles. The van der Waals surface area contributed by atoms with Crippen LogP contribution in [0.25, 0.3) is 0 Å². The third-order valence-electron chi connectivity index (χ3n) is 2.88. The van der Waals surface area contributed by atoms with Gasteiger partial charge in [-0.2, -0.15) is 4.31 Å². The van der Waals surface area contributed by atoms with E-state index < -0.39 is 28.2 Å². The summed E-state index contributed by atoms with van der Waals surface area (Å²) in [5.74, 6) is -1.93. The highest BCUT2D eigenvalue weighted by atomic mass is 32.2. The van der Waals surface area contributed by atoms with Crippen molar-refractivity contribution in [2.45, 2.75) is 6.42 Å². The summed E-state index contributed by atoms with van der Waals surface area (Å²) in [7, 11) is -2.41. The van der Waals surface area contributed by atoms with Crippen LogP contribution in [-0.4, -0.2) is 80.1 Å². The first-order valence-corrected chi connectivity index (χ1v) is 7.58. The van der Waals surface area contributed by atoms with Gasteiger partial charge in [-0.05, 0) is 0 Å². The predicted octanol–water partition coefficient (Wildman–Crippen LogP) is -1.85. The molecule has 1 heterocycles. The predicted molar refractivity (Wildman–Crippen MR) is 68.1 cm³/mol. The van der Waals surface area contributed by atoms with Gasteiger partial charge in [0, 0.05) is 33.2 Å². The number of carboxylic acid groups (broad SMARTS) is 1. The van der Waals surface area contributed by atoms with E-state index >= 15 is 0 Å². The maximum Gasteiger partial charge on any atom is 0.304 e. The highest BCUT2D eigenvalue weighted by molar-refractivity contribution is 7.89. The number of piperazine rings is 1. The van der Waals surface area contributed by atoms with Crippen LogP contribution in [0.3, 0.4) is 0 Å². The van der Waals surface area contributed by atoms with Crippen molar-refractivity contribution in [3.8, 4) is 0 Å². The van der Waals surface area contributed by atoms with Gasteiger partial charge in [0.05, 0.1) is 18.7 Å². The van der Waals surface area contributed by atoms with Gasteiger partial charge in [0.2, 0.25) is 15.9 Å². The molecule has 1 saturated heterocycles. The van der Waals surface area contributed by atoms with E-state index in [0.29, 0.717) is 26.2 Å². The van der Waals surface area contributed by atoms with Crippen molar-refractivity contribution in [1.82, 2.24) is 14.5 Å². The number of hydrogen-bond donors (Lipinski definition) is 2. The van der Waals surface area contributed by atoms with E-state index in [1.54, 1.807) is 4.90 Å². The van der Waals surface area contributed by atoms with Crippen molar-refractivity contribution in [2.75, 3.05) is 45.5 Å². The zero-order valence-electron chi connectivity index (χ0n) is 10.8. The molecule has 0 aliphatic carbocycles. The van der Waals surface area contributed by atoms with Crippen LogP contribution < -0.4 is 5.32 Å². The molecule has 110 valence electrons. The Morgan fingerprint density at radius 3 is 2.42 bits per heavy atom. The van der Waals surface area contributed by atoms with Gasteiger partial charge in [-0.25, -0.2) is 8.42 Å². The first-order valence-electron chi connectivity index (χ1n) is 5.97. The molecule has 0 aromatic carbocycles. The van der Waals surface area contributed by atoms with Gasteiger partial charge >= 0.3 is 5.97 Å². The Hall–Kier alpha value is -1.19. The Labute approximate surface area is 112 Å². The molecule has 0 spiro atoms. The molecule has 19 heavy (non-hydrogen) atoms. The number of aliphatic carboxylic acids is 1. The SMILES string of the molecule is CN(CC(=O)N1CCNCC1)S(=O)(=O)CCC(=O)O. The first-order chi connectivity index (χ1) is 8.83. The highest BCUT2D eigenvalue weighted by Gasteiger charge is 2.24. The van der Waals surface area contributed by atoms with Crippen LogP contribution in [0.15, 0.2) is 0 Å². The van der Waals surface area contributed by atoms with Crippen molar-refractivity contribution in [1.29, 1.82) is 0 Å². The fraction of sp³-hybridized carbons (Fsp3) is 0.800. The van der Waals surface area contributed by atoms with E-state index in [0.717, 1.165) is 4.31 Å². The van der Waals surface area contributed by atoms with Crippen LogP contribution >= 0.6 is 0 Å². The van der Waals surface area contributed by atoms with Gasteiger partial charge in [0.15, 0.2) is 0 Å². The van der Waals surface area contributed by atoms with Crippen molar-refractivity contribution in [3.63, 3.8) is 0 Å². The third kappa shape index (κ3) is 5.13. The van der Waals surface area contributed by atoms with E-state index in [9.17, 15) is 18.0 Å². The second kappa shape index (κ2) is 6.83. The smallest absolute Gasteiger partial charge is 0.304 e. The molecular formula is C10H19N3O5S. The molecule has 0 saturated carbocycles. The molecule has 1 fully saturated rings.